The Morgan fingerprint density at radius 2 is 2.24 bits per heavy atom. The first kappa shape index (κ1) is 13.7. The van der Waals surface area contributed by atoms with Crippen LogP contribution in [0.5, 0.6) is 0 Å². The molecule has 1 unspecified atom stereocenters. The van der Waals surface area contributed by atoms with E-state index in [0.29, 0.717) is 13.1 Å². The molecule has 2 aliphatic heterocycles. The van der Waals surface area contributed by atoms with Gasteiger partial charge in [0.2, 0.25) is 0 Å². The number of nitrogens with zero attached hydrogens (tertiary/aromatic N) is 3. The van der Waals surface area contributed by atoms with Crippen molar-refractivity contribution < 1.29 is 14.3 Å². The molecule has 7 heteroatoms. The molecule has 3 rings (SSSR count). The van der Waals surface area contributed by atoms with Crippen LogP contribution in [0.3, 0.4) is 0 Å². The molecule has 1 atom stereocenters. The Morgan fingerprint density at radius 1 is 1.48 bits per heavy atom. The van der Waals surface area contributed by atoms with E-state index in [0.717, 1.165) is 11.1 Å². The molecule has 0 aromatic carbocycles. The van der Waals surface area contributed by atoms with E-state index in [1.807, 2.05) is 26.8 Å². The highest BCUT2D eigenvalue weighted by atomic mass is 16.6. The van der Waals surface area contributed by atoms with Crippen molar-refractivity contribution in [3.8, 4) is 0 Å². The number of carbonyl (C=O) groups excluding carboxylic acids is 2. The lowest BCUT2D eigenvalue weighted by molar-refractivity contribution is 0.0514. The summed E-state index contributed by atoms with van der Waals surface area (Å²) in [5.41, 5.74) is 1.26. The van der Waals surface area contributed by atoms with E-state index < -0.39 is 11.7 Å². The SMILES string of the molecule is CC(C)(C)OC(=O)n1cc(C2=CCN3CC2NC3=O)cn1. The first-order valence-electron chi connectivity index (χ1n) is 6.87. The van der Waals surface area contributed by atoms with Gasteiger partial charge in [-0.05, 0) is 26.3 Å². The molecule has 2 amide bonds. The largest absolute Gasteiger partial charge is 0.442 e. The van der Waals surface area contributed by atoms with Gasteiger partial charge >= 0.3 is 12.1 Å². The van der Waals surface area contributed by atoms with Gasteiger partial charge < -0.3 is 15.0 Å². The van der Waals surface area contributed by atoms with Gasteiger partial charge in [-0.3, -0.25) is 0 Å². The summed E-state index contributed by atoms with van der Waals surface area (Å²) < 4.78 is 6.45. The molecule has 3 heterocycles. The average molecular weight is 290 g/mol. The van der Waals surface area contributed by atoms with Crippen molar-refractivity contribution in [1.82, 2.24) is 20.0 Å². The summed E-state index contributed by atoms with van der Waals surface area (Å²) in [5, 5.41) is 6.96. The van der Waals surface area contributed by atoms with E-state index >= 15 is 0 Å². The molecule has 0 spiro atoms. The summed E-state index contributed by atoms with van der Waals surface area (Å²) in [6.45, 7) is 6.66. The van der Waals surface area contributed by atoms with Crippen LogP contribution in [0.2, 0.25) is 0 Å². The second-order valence-electron chi connectivity index (χ2n) is 6.22. The first-order chi connectivity index (χ1) is 9.83. The van der Waals surface area contributed by atoms with Gasteiger partial charge in [0.15, 0.2) is 0 Å². The molecule has 2 aliphatic rings. The number of aromatic nitrogens is 2. The van der Waals surface area contributed by atoms with Crippen molar-refractivity contribution in [2.75, 3.05) is 13.1 Å². The van der Waals surface area contributed by atoms with Crippen molar-refractivity contribution in [3.63, 3.8) is 0 Å². The van der Waals surface area contributed by atoms with E-state index in [2.05, 4.69) is 10.4 Å². The van der Waals surface area contributed by atoms with Crippen LogP contribution in [-0.2, 0) is 4.74 Å². The molecule has 7 nitrogen and oxygen atoms in total. The molecule has 0 aliphatic carbocycles. The highest BCUT2D eigenvalue weighted by molar-refractivity contribution is 5.85. The topological polar surface area (TPSA) is 76.5 Å². The maximum Gasteiger partial charge on any atom is 0.435 e. The monoisotopic (exact) mass is 290 g/mol. The maximum absolute atomic E-state index is 11.9. The molecular formula is C14H18N4O3. The van der Waals surface area contributed by atoms with E-state index in [9.17, 15) is 9.59 Å². The van der Waals surface area contributed by atoms with Gasteiger partial charge in [-0.25, -0.2) is 9.59 Å². The van der Waals surface area contributed by atoms with Crippen LogP contribution in [-0.4, -0.2) is 51.5 Å². The second-order valence-corrected chi connectivity index (χ2v) is 6.22. The van der Waals surface area contributed by atoms with Crippen molar-refractivity contribution in [2.45, 2.75) is 32.4 Å². The number of hydrogen-bond acceptors (Lipinski definition) is 4. The van der Waals surface area contributed by atoms with Crippen LogP contribution in [0.1, 0.15) is 26.3 Å². The summed E-state index contributed by atoms with van der Waals surface area (Å²) in [5.74, 6) is 0. The summed E-state index contributed by atoms with van der Waals surface area (Å²) in [6, 6.07) is -0.0895. The van der Waals surface area contributed by atoms with Crippen LogP contribution in [0.25, 0.3) is 5.57 Å². The van der Waals surface area contributed by atoms with Gasteiger partial charge in [-0.15, -0.1) is 0 Å². The number of nitrogens with one attached hydrogen (secondary N) is 1. The van der Waals surface area contributed by atoms with Crippen molar-refractivity contribution >= 4 is 17.7 Å². The molecule has 2 bridgehead atoms. The van der Waals surface area contributed by atoms with Gasteiger partial charge in [0.1, 0.15) is 5.60 Å². The summed E-state index contributed by atoms with van der Waals surface area (Å²) in [4.78, 5) is 25.3. The Bertz CT molecular complexity index is 626. The molecule has 1 aromatic heterocycles. The Labute approximate surface area is 122 Å². The standard InChI is InChI=1S/C14H18N4O3/c1-14(2,3)21-13(20)18-7-9(6-15-18)10-4-5-17-8-11(10)16-12(17)19/h4,6-7,11H,5,8H2,1-3H3,(H,16,19). The fraction of sp³-hybridized carbons (Fsp3) is 0.500. The molecular weight excluding hydrogens is 272 g/mol. The lowest BCUT2D eigenvalue weighted by Gasteiger charge is -2.20. The van der Waals surface area contributed by atoms with Crippen molar-refractivity contribution in [3.05, 3.63) is 24.0 Å². The van der Waals surface area contributed by atoms with Gasteiger partial charge in [0.05, 0.1) is 12.2 Å². The van der Waals surface area contributed by atoms with Gasteiger partial charge in [0, 0.05) is 24.8 Å². The molecule has 0 radical (unpaired) electrons. The predicted molar refractivity (Wildman–Crippen MR) is 75.7 cm³/mol. The zero-order valence-corrected chi connectivity index (χ0v) is 12.3. The number of urea groups is 1. The Hall–Kier alpha value is -2.31. The van der Waals surface area contributed by atoms with E-state index in [1.54, 1.807) is 17.3 Å². The number of hydrogen-bond donors (Lipinski definition) is 1. The highest BCUT2D eigenvalue weighted by Gasteiger charge is 2.35. The van der Waals surface area contributed by atoms with E-state index in [-0.39, 0.29) is 12.1 Å². The lowest BCUT2D eigenvalue weighted by Crippen LogP contribution is -2.29. The summed E-state index contributed by atoms with van der Waals surface area (Å²) >= 11 is 0. The Morgan fingerprint density at radius 3 is 2.95 bits per heavy atom. The smallest absolute Gasteiger partial charge is 0.435 e. The zero-order valence-electron chi connectivity index (χ0n) is 12.3. The lowest BCUT2D eigenvalue weighted by atomic mass is 9.99. The maximum atomic E-state index is 11.9. The number of rotatable bonds is 1. The fourth-order valence-electron chi connectivity index (χ4n) is 2.47. The number of ether oxygens (including phenoxy) is 1. The highest BCUT2D eigenvalue weighted by Crippen LogP contribution is 2.26. The van der Waals surface area contributed by atoms with Gasteiger partial charge in [0.25, 0.3) is 0 Å². The number of carbonyl (C=O) groups is 2. The average Bonchev–Trinajstić information content (AvgIpc) is 2.95. The molecule has 112 valence electrons. The molecule has 1 aromatic rings. The molecule has 0 saturated carbocycles. The van der Waals surface area contributed by atoms with Gasteiger partial charge in [-0.1, -0.05) is 6.08 Å². The van der Waals surface area contributed by atoms with Crippen LogP contribution in [0.4, 0.5) is 9.59 Å². The molecule has 21 heavy (non-hydrogen) atoms. The van der Waals surface area contributed by atoms with Crippen molar-refractivity contribution in [1.29, 1.82) is 0 Å². The van der Waals surface area contributed by atoms with Crippen LogP contribution < -0.4 is 5.32 Å². The minimum absolute atomic E-state index is 0.0393. The van der Waals surface area contributed by atoms with Crippen LogP contribution in [0.15, 0.2) is 18.5 Å². The third-order valence-electron chi connectivity index (χ3n) is 3.39. The summed E-state index contributed by atoms with van der Waals surface area (Å²) in [6.07, 6.45) is 4.74. The number of amides is 2. The van der Waals surface area contributed by atoms with Crippen molar-refractivity contribution in [2.24, 2.45) is 0 Å². The minimum Gasteiger partial charge on any atom is -0.442 e. The van der Waals surface area contributed by atoms with E-state index in [1.165, 1.54) is 4.68 Å². The third-order valence-corrected chi connectivity index (χ3v) is 3.39. The molecule has 1 N–H and O–H groups in total. The Kier molecular flexibility index (Phi) is 3.00. The fourth-order valence-corrected chi connectivity index (χ4v) is 2.47. The third kappa shape index (κ3) is 2.63. The van der Waals surface area contributed by atoms with Crippen LogP contribution in [0, 0.1) is 0 Å². The second kappa shape index (κ2) is 4.61. The Balaban J connectivity index is 1.78. The van der Waals surface area contributed by atoms with E-state index in [4.69, 9.17) is 4.74 Å². The first-order valence-corrected chi connectivity index (χ1v) is 6.87. The quantitative estimate of drug-likeness (QED) is 0.849. The van der Waals surface area contributed by atoms with Gasteiger partial charge in [-0.2, -0.15) is 9.78 Å². The summed E-state index contributed by atoms with van der Waals surface area (Å²) in [7, 11) is 0. The minimum atomic E-state index is -0.562. The molecule has 1 saturated heterocycles. The number of fused-ring (bicyclic) bond motifs is 2. The predicted octanol–water partition coefficient (Wildman–Crippen LogP) is 1.46. The van der Waals surface area contributed by atoms with Crippen LogP contribution >= 0.6 is 0 Å². The normalized spacial score (nSPS) is 21.1. The molecule has 1 fully saturated rings. The zero-order chi connectivity index (χ0) is 15.2.